The average molecular weight is 266 g/mol. The molecule has 0 aromatic carbocycles. The summed E-state index contributed by atoms with van der Waals surface area (Å²) in [7, 11) is 0. The van der Waals surface area contributed by atoms with Gasteiger partial charge in [-0.2, -0.15) is 0 Å². The van der Waals surface area contributed by atoms with E-state index in [4.69, 9.17) is 11.4 Å². The molecule has 0 saturated heterocycles. The molecule has 5 N–H and O–H groups in total. The van der Waals surface area contributed by atoms with E-state index in [0.717, 1.165) is 0 Å². The number of carbonyl (C=O) groups is 1. The number of hydrazine groups is 1. The van der Waals surface area contributed by atoms with Crippen molar-refractivity contribution in [2.24, 2.45) is 11.0 Å². The van der Waals surface area contributed by atoms with E-state index in [0.29, 0.717) is 0 Å². The van der Waals surface area contributed by atoms with E-state index >= 15 is 0 Å². The summed E-state index contributed by atoms with van der Waals surface area (Å²) in [5.74, 6) is 4.43. The Kier molecular flexibility index (Phi) is 5.71. The summed E-state index contributed by atoms with van der Waals surface area (Å²) in [5.41, 5.74) is 10.5. The lowest BCUT2D eigenvalue weighted by atomic mass is 10.0. The summed E-state index contributed by atoms with van der Waals surface area (Å²) in [5, 5.41) is 22.8. The highest BCUT2D eigenvalue weighted by molar-refractivity contribution is 5.93. The molecule has 2 unspecified atom stereocenters. The van der Waals surface area contributed by atoms with Crippen LogP contribution in [0.4, 0.5) is 0 Å². The zero-order chi connectivity index (χ0) is 14.3. The fourth-order valence-electron chi connectivity index (χ4n) is 1.44. The summed E-state index contributed by atoms with van der Waals surface area (Å²) in [4.78, 5) is 17.6. The topological polar surface area (TPSA) is 157 Å². The SMILES string of the molecule is [N-]=[N+]=NCCC(O)C(O)c1cncc(C(=O)NN)c1. The van der Waals surface area contributed by atoms with E-state index in [1.807, 2.05) is 5.43 Å². The van der Waals surface area contributed by atoms with Crippen LogP contribution in [-0.4, -0.2) is 33.8 Å². The third kappa shape index (κ3) is 4.19. The second-order valence-corrected chi connectivity index (χ2v) is 3.74. The Labute approximate surface area is 108 Å². The van der Waals surface area contributed by atoms with E-state index in [1.165, 1.54) is 18.5 Å². The Hall–Kier alpha value is -2.19. The molecule has 0 saturated carbocycles. The highest BCUT2D eigenvalue weighted by atomic mass is 16.3. The molecular weight excluding hydrogens is 252 g/mol. The minimum absolute atomic E-state index is 0.0606. The molecule has 0 fully saturated rings. The molecule has 1 aromatic rings. The predicted molar refractivity (Wildman–Crippen MR) is 65.5 cm³/mol. The lowest BCUT2D eigenvalue weighted by molar-refractivity contribution is 0.0148. The van der Waals surface area contributed by atoms with Crippen molar-refractivity contribution in [2.45, 2.75) is 18.6 Å². The minimum Gasteiger partial charge on any atom is -0.390 e. The van der Waals surface area contributed by atoms with Gasteiger partial charge in [0.25, 0.3) is 5.91 Å². The average Bonchev–Trinajstić information content (AvgIpc) is 2.45. The Morgan fingerprint density at radius 3 is 2.95 bits per heavy atom. The first-order valence-electron chi connectivity index (χ1n) is 5.43. The van der Waals surface area contributed by atoms with Crippen LogP contribution in [0.15, 0.2) is 23.6 Å². The third-order valence-corrected chi connectivity index (χ3v) is 2.45. The lowest BCUT2D eigenvalue weighted by Crippen LogP contribution is -2.30. The number of nitrogens with two attached hydrogens (primary N) is 1. The molecule has 0 spiro atoms. The van der Waals surface area contributed by atoms with E-state index in [9.17, 15) is 15.0 Å². The van der Waals surface area contributed by atoms with Crippen LogP contribution in [0.25, 0.3) is 10.4 Å². The van der Waals surface area contributed by atoms with Crippen LogP contribution in [0.5, 0.6) is 0 Å². The Morgan fingerprint density at radius 1 is 1.58 bits per heavy atom. The number of azide groups is 1. The van der Waals surface area contributed by atoms with Gasteiger partial charge in [-0.05, 0) is 18.0 Å². The number of nitrogens with one attached hydrogen (secondary N) is 1. The number of aromatic nitrogens is 1. The molecule has 0 aliphatic carbocycles. The molecule has 102 valence electrons. The second kappa shape index (κ2) is 7.29. The van der Waals surface area contributed by atoms with Gasteiger partial charge in [0, 0.05) is 29.4 Å². The van der Waals surface area contributed by atoms with Crippen LogP contribution in [0.1, 0.15) is 28.4 Å². The number of aliphatic hydroxyl groups excluding tert-OH is 2. The van der Waals surface area contributed by atoms with Crippen molar-refractivity contribution in [1.82, 2.24) is 10.4 Å². The normalized spacial score (nSPS) is 13.2. The monoisotopic (exact) mass is 266 g/mol. The molecule has 1 heterocycles. The number of nitrogen functional groups attached to an aromatic ring is 1. The van der Waals surface area contributed by atoms with Gasteiger partial charge in [0.2, 0.25) is 0 Å². The molecule has 0 bridgehead atoms. The first-order chi connectivity index (χ1) is 9.10. The van der Waals surface area contributed by atoms with Crippen molar-refractivity contribution in [3.05, 3.63) is 40.0 Å². The fourth-order valence-corrected chi connectivity index (χ4v) is 1.44. The van der Waals surface area contributed by atoms with Gasteiger partial charge in [0.15, 0.2) is 0 Å². The zero-order valence-corrected chi connectivity index (χ0v) is 9.97. The number of nitrogens with zero attached hydrogens (tertiary/aromatic N) is 4. The molecule has 1 rings (SSSR count). The van der Waals surface area contributed by atoms with Crippen molar-refractivity contribution in [2.75, 3.05) is 6.54 Å². The van der Waals surface area contributed by atoms with Gasteiger partial charge >= 0.3 is 0 Å². The molecular formula is C10H14N6O3. The van der Waals surface area contributed by atoms with Crippen LogP contribution < -0.4 is 11.3 Å². The number of hydrogen-bond acceptors (Lipinski definition) is 6. The first kappa shape index (κ1) is 14.9. The number of carbonyl (C=O) groups excluding carboxylic acids is 1. The number of amides is 1. The number of aliphatic hydroxyl groups is 2. The van der Waals surface area contributed by atoms with Gasteiger partial charge in [-0.15, -0.1) is 0 Å². The quantitative estimate of drug-likeness (QED) is 0.140. The van der Waals surface area contributed by atoms with Crippen molar-refractivity contribution in [3.8, 4) is 0 Å². The van der Waals surface area contributed by atoms with Crippen LogP contribution in [-0.2, 0) is 0 Å². The predicted octanol–water partition coefficient (Wildman–Crippen LogP) is -0.220. The Morgan fingerprint density at radius 2 is 2.32 bits per heavy atom. The summed E-state index contributed by atoms with van der Waals surface area (Å²) >= 11 is 0. The van der Waals surface area contributed by atoms with Gasteiger partial charge in [-0.3, -0.25) is 15.2 Å². The summed E-state index contributed by atoms with van der Waals surface area (Å²) in [6.07, 6.45) is 0.355. The summed E-state index contributed by atoms with van der Waals surface area (Å²) in [6, 6.07) is 1.37. The summed E-state index contributed by atoms with van der Waals surface area (Å²) < 4.78 is 0. The van der Waals surface area contributed by atoms with Crippen molar-refractivity contribution >= 4 is 5.91 Å². The third-order valence-electron chi connectivity index (χ3n) is 2.45. The maximum atomic E-state index is 11.3. The van der Waals surface area contributed by atoms with E-state index in [1.54, 1.807) is 0 Å². The number of rotatable bonds is 6. The maximum absolute atomic E-state index is 11.3. The molecule has 0 aliphatic heterocycles. The van der Waals surface area contributed by atoms with E-state index in [2.05, 4.69) is 15.0 Å². The first-order valence-corrected chi connectivity index (χ1v) is 5.43. The fraction of sp³-hybridized carbons (Fsp3) is 0.400. The van der Waals surface area contributed by atoms with Gasteiger partial charge in [0.1, 0.15) is 6.10 Å². The molecule has 0 aliphatic rings. The van der Waals surface area contributed by atoms with Gasteiger partial charge in [-0.25, -0.2) is 5.84 Å². The smallest absolute Gasteiger partial charge is 0.266 e. The lowest BCUT2D eigenvalue weighted by Gasteiger charge is -2.17. The molecule has 1 aromatic heterocycles. The van der Waals surface area contributed by atoms with Crippen molar-refractivity contribution in [1.29, 1.82) is 0 Å². The molecule has 9 heteroatoms. The van der Waals surface area contributed by atoms with Gasteiger partial charge in [-0.1, -0.05) is 5.11 Å². The largest absolute Gasteiger partial charge is 0.390 e. The standard InChI is InChI=1S/C10H14N6O3/c11-15-10(19)7-3-6(4-13-5-7)9(18)8(17)1-2-14-16-12/h3-5,8-9,17-18H,1-2,11H2,(H,15,19). The molecule has 0 radical (unpaired) electrons. The van der Waals surface area contributed by atoms with E-state index < -0.39 is 18.1 Å². The van der Waals surface area contributed by atoms with Crippen molar-refractivity contribution in [3.63, 3.8) is 0 Å². The number of pyridine rings is 1. The maximum Gasteiger partial charge on any atom is 0.266 e. The van der Waals surface area contributed by atoms with Crippen LogP contribution in [0, 0.1) is 0 Å². The zero-order valence-electron chi connectivity index (χ0n) is 9.97. The van der Waals surface area contributed by atoms with Crippen LogP contribution >= 0.6 is 0 Å². The minimum atomic E-state index is -1.23. The van der Waals surface area contributed by atoms with E-state index in [-0.39, 0.29) is 24.1 Å². The molecule has 2 atom stereocenters. The highest BCUT2D eigenvalue weighted by Crippen LogP contribution is 2.19. The van der Waals surface area contributed by atoms with Gasteiger partial charge < -0.3 is 10.2 Å². The second-order valence-electron chi connectivity index (χ2n) is 3.74. The molecule has 19 heavy (non-hydrogen) atoms. The van der Waals surface area contributed by atoms with Crippen LogP contribution in [0.3, 0.4) is 0 Å². The number of hydrogen-bond donors (Lipinski definition) is 4. The highest BCUT2D eigenvalue weighted by Gasteiger charge is 2.19. The van der Waals surface area contributed by atoms with Crippen LogP contribution in [0.2, 0.25) is 0 Å². The van der Waals surface area contributed by atoms with Gasteiger partial charge in [0.05, 0.1) is 11.7 Å². The molecule has 9 nitrogen and oxygen atoms in total. The Bertz CT molecular complexity index is 488. The van der Waals surface area contributed by atoms with Crippen molar-refractivity contribution < 1.29 is 15.0 Å². The Balaban J connectivity index is 2.78. The summed E-state index contributed by atoms with van der Waals surface area (Å²) in [6.45, 7) is 0.0606. The molecule has 1 amide bonds.